The van der Waals surface area contributed by atoms with Gasteiger partial charge in [0.05, 0.1) is 7.11 Å². The first-order valence-corrected chi connectivity index (χ1v) is 5.96. The van der Waals surface area contributed by atoms with Crippen molar-refractivity contribution in [3.05, 3.63) is 0 Å². The summed E-state index contributed by atoms with van der Waals surface area (Å²) in [5.74, 6) is -0.712. The molecule has 2 fully saturated rings. The van der Waals surface area contributed by atoms with Crippen LogP contribution in [0.2, 0.25) is 0 Å². The Morgan fingerprint density at radius 3 is 2.88 bits per heavy atom. The van der Waals surface area contributed by atoms with Gasteiger partial charge >= 0.3 is 11.9 Å². The lowest BCUT2D eigenvalue weighted by molar-refractivity contribution is -0.159. The largest absolute Gasteiger partial charge is 0.468 e. The third-order valence-corrected chi connectivity index (χ3v) is 3.73. The number of fused-ring (bicyclic) bond motifs is 1. The second-order valence-corrected chi connectivity index (χ2v) is 4.71. The summed E-state index contributed by atoms with van der Waals surface area (Å²) in [5, 5.41) is 0. The molecule has 0 bridgehead atoms. The second kappa shape index (κ2) is 4.07. The molecule has 0 amide bonds. The van der Waals surface area contributed by atoms with Crippen molar-refractivity contribution in [2.24, 2.45) is 11.3 Å². The Morgan fingerprint density at radius 1 is 1.56 bits per heavy atom. The van der Waals surface area contributed by atoms with Crippen molar-refractivity contribution in [1.29, 1.82) is 0 Å². The molecule has 0 aromatic heterocycles. The third kappa shape index (κ3) is 1.51. The fourth-order valence-electron chi connectivity index (χ4n) is 2.65. The average Bonchev–Trinajstić information content (AvgIpc) is 2.97. The van der Waals surface area contributed by atoms with Gasteiger partial charge in [0, 0.05) is 5.92 Å². The predicted molar refractivity (Wildman–Crippen MR) is 56.6 cm³/mol. The summed E-state index contributed by atoms with van der Waals surface area (Å²) in [7, 11) is 1.32. The molecule has 0 aromatic rings. The molecule has 16 heavy (non-hydrogen) atoms. The highest BCUT2D eigenvalue weighted by Crippen LogP contribution is 2.62. The molecule has 0 N–H and O–H groups in total. The van der Waals surface area contributed by atoms with Gasteiger partial charge in [0.1, 0.15) is 6.10 Å². The van der Waals surface area contributed by atoms with Crippen molar-refractivity contribution in [2.75, 3.05) is 7.11 Å². The van der Waals surface area contributed by atoms with Crippen molar-refractivity contribution in [3.63, 3.8) is 0 Å². The van der Waals surface area contributed by atoms with E-state index in [4.69, 9.17) is 4.74 Å². The topological polar surface area (TPSA) is 52.6 Å². The third-order valence-electron chi connectivity index (χ3n) is 3.73. The standard InChI is InChI=1S/C12H18O4/c1-3-4-5-6-9-8-7-12(8,10(13)15-2)11(14)16-9/h8-9H,3-7H2,1-2H3/t8-,9-,12-/m0/s1. The first kappa shape index (κ1) is 11.4. The second-order valence-electron chi connectivity index (χ2n) is 4.71. The van der Waals surface area contributed by atoms with E-state index in [1.807, 2.05) is 0 Å². The highest BCUT2D eigenvalue weighted by atomic mass is 16.6. The fourth-order valence-corrected chi connectivity index (χ4v) is 2.65. The Balaban J connectivity index is 1.94. The molecule has 1 saturated heterocycles. The van der Waals surface area contributed by atoms with Gasteiger partial charge in [0.15, 0.2) is 5.41 Å². The summed E-state index contributed by atoms with van der Waals surface area (Å²) in [5.41, 5.74) is -0.925. The van der Waals surface area contributed by atoms with Gasteiger partial charge in [-0.3, -0.25) is 9.59 Å². The number of esters is 2. The van der Waals surface area contributed by atoms with Crippen molar-refractivity contribution >= 4 is 11.9 Å². The summed E-state index contributed by atoms with van der Waals surface area (Å²) in [6.07, 6.45) is 4.79. The molecular weight excluding hydrogens is 208 g/mol. The molecule has 1 saturated carbocycles. The van der Waals surface area contributed by atoms with Crippen LogP contribution in [0.25, 0.3) is 0 Å². The minimum absolute atomic E-state index is 0.0573. The maximum atomic E-state index is 11.7. The number of ether oxygens (including phenoxy) is 2. The molecule has 2 aliphatic rings. The van der Waals surface area contributed by atoms with Gasteiger partial charge in [-0.15, -0.1) is 0 Å². The maximum absolute atomic E-state index is 11.7. The van der Waals surface area contributed by atoms with Crippen LogP contribution in [0, 0.1) is 11.3 Å². The molecule has 0 radical (unpaired) electrons. The van der Waals surface area contributed by atoms with Crippen LogP contribution in [0.4, 0.5) is 0 Å². The smallest absolute Gasteiger partial charge is 0.324 e. The van der Waals surface area contributed by atoms with E-state index in [0.717, 1.165) is 25.7 Å². The molecule has 4 heteroatoms. The van der Waals surface area contributed by atoms with E-state index in [-0.39, 0.29) is 18.0 Å². The zero-order valence-electron chi connectivity index (χ0n) is 9.82. The Hall–Kier alpha value is -1.06. The van der Waals surface area contributed by atoms with Crippen LogP contribution in [0.3, 0.4) is 0 Å². The number of rotatable bonds is 5. The summed E-state index contributed by atoms with van der Waals surface area (Å²) < 4.78 is 9.94. The van der Waals surface area contributed by atoms with Gasteiger partial charge in [-0.05, 0) is 19.3 Å². The van der Waals surface area contributed by atoms with Gasteiger partial charge in [0.25, 0.3) is 0 Å². The zero-order chi connectivity index (χ0) is 11.8. The van der Waals surface area contributed by atoms with E-state index in [1.54, 1.807) is 0 Å². The quantitative estimate of drug-likeness (QED) is 0.406. The molecule has 0 aromatic carbocycles. The minimum Gasteiger partial charge on any atom is -0.468 e. The van der Waals surface area contributed by atoms with Crippen molar-refractivity contribution in [3.8, 4) is 0 Å². The van der Waals surface area contributed by atoms with Gasteiger partial charge in [-0.25, -0.2) is 0 Å². The van der Waals surface area contributed by atoms with Gasteiger partial charge in [0.2, 0.25) is 0 Å². The number of methoxy groups -OCH3 is 1. The van der Waals surface area contributed by atoms with E-state index in [1.165, 1.54) is 7.11 Å². The lowest BCUT2D eigenvalue weighted by Crippen LogP contribution is -2.25. The molecule has 4 nitrogen and oxygen atoms in total. The maximum Gasteiger partial charge on any atom is 0.324 e. The predicted octanol–water partition coefficient (Wildman–Crippen LogP) is 1.67. The fraction of sp³-hybridized carbons (Fsp3) is 0.833. The average molecular weight is 226 g/mol. The monoisotopic (exact) mass is 226 g/mol. The van der Waals surface area contributed by atoms with Crippen LogP contribution in [0.1, 0.15) is 39.0 Å². The van der Waals surface area contributed by atoms with Crippen LogP contribution < -0.4 is 0 Å². The molecule has 90 valence electrons. The summed E-state index contributed by atoms with van der Waals surface area (Å²) in [4.78, 5) is 23.2. The van der Waals surface area contributed by atoms with Gasteiger partial charge < -0.3 is 9.47 Å². The van der Waals surface area contributed by atoms with Crippen molar-refractivity contribution < 1.29 is 19.1 Å². The molecule has 0 unspecified atom stereocenters. The van der Waals surface area contributed by atoms with Crippen molar-refractivity contribution in [2.45, 2.75) is 45.1 Å². The SMILES string of the molecule is CCCCC[C@@H]1OC(=O)[C@@]2(C(=O)OC)C[C@@H]12. The molecule has 1 aliphatic heterocycles. The number of carbonyl (C=O) groups excluding carboxylic acids is 2. The van der Waals surface area contributed by atoms with Crippen molar-refractivity contribution in [1.82, 2.24) is 0 Å². The summed E-state index contributed by atoms with van der Waals surface area (Å²) in [6.45, 7) is 2.14. The van der Waals surface area contributed by atoms with Gasteiger partial charge in [-0.1, -0.05) is 19.8 Å². The van der Waals surface area contributed by atoms with Gasteiger partial charge in [-0.2, -0.15) is 0 Å². The number of hydrogen-bond acceptors (Lipinski definition) is 4. The van der Waals surface area contributed by atoms with E-state index < -0.39 is 11.4 Å². The number of cyclic esters (lactones) is 1. The number of hydrogen-bond donors (Lipinski definition) is 0. The molecule has 1 heterocycles. The Labute approximate surface area is 95.3 Å². The first-order chi connectivity index (χ1) is 7.66. The summed E-state index contributed by atoms with van der Waals surface area (Å²) >= 11 is 0. The molecule has 3 atom stereocenters. The molecule has 1 aliphatic carbocycles. The normalized spacial score (nSPS) is 35.5. The van der Waals surface area contributed by atoms with E-state index in [9.17, 15) is 9.59 Å². The molecular formula is C12H18O4. The van der Waals surface area contributed by atoms with Crippen LogP contribution in [-0.4, -0.2) is 25.2 Å². The Bertz CT molecular complexity index is 312. The Morgan fingerprint density at radius 2 is 2.31 bits per heavy atom. The molecule has 2 rings (SSSR count). The number of carbonyl (C=O) groups is 2. The highest BCUT2D eigenvalue weighted by Gasteiger charge is 2.75. The van der Waals surface area contributed by atoms with Crippen LogP contribution in [0.15, 0.2) is 0 Å². The lowest BCUT2D eigenvalue weighted by Gasteiger charge is -2.11. The van der Waals surface area contributed by atoms with Crippen LogP contribution in [0.5, 0.6) is 0 Å². The summed E-state index contributed by atoms with van der Waals surface area (Å²) in [6, 6.07) is 0. The zero-order valence-corrected chi connectivity index (χ0v) is 9.82. The minimum atomic E-state index is -0.925. The van der Waals surface area contributed by atoms with Crippen LogP contribution >= 0.6 is 0 Å². The van der Waals surface area contributed by atoms with Crippen LogP contribution in [-0.2, 0) is 19.1 Å². The molecule has 0 spiro atoms. The van der Waals surface area contributed by atoms with E-state index in [0.29, 0.717) is 6.42 Å². The van der Waals surface area contributed by atoms with E-state index >= 15 is 0 Å². The Kier molecular flexibility index (Phi) is 2.91. The number of unbranched alkanes of at least 4 members (excludes halogenated alkanes) is 2. The first-order valence-electron chi connectivity index (χ1n) is 5.96. The highest BCUT2D eigenvalue weighted by molar-refractivity contribution is 6.05. The van der Waals surface area contributed by atoms with E-state index in [2.05, 4.69) is 11.7 Å². The lowest BCUT2D eigenvalue weighted by atomic mass is 10.0.